The molecule has 4 N–H and O–H groups in total. The van der Waals surface area contributed by atoms with Crippen LogP contribution in [0.15, 0.2) is 0 Å². The van der Waals surface area contributed by atoms with Gasteiger partial charge >= 0.3 is 16.8 Å². The molecule has 0 bridgehead atoms. The third-order valence-corrected chi connectivity index (χ3v) is 2.12. The van der Waals surface area contributed by atoms with Crippen molar-refractivity contribution >= 4 is 29.1 Å². The van der Waals surface area contributed by atoms with Gasteiger partial charge < -0.3 is 9.79 Å². The first-order chi connectivity index (χ1) is 2.56. The Balaban J connectivity index is 3.79. The average Bonchev–Trinajstić information content (AvgIpc) is 1.35. The van der Waals surface area contributed by atoms with Crippen LogP contribution in [0.1, 0.15) is 0 Å². The first-order valence-corrected chi connectivity index (χ1v) is 5.35. The number of rotatable bonds is 0. The third-order valence-electron chi connectivity index (χ3n) is 0.141. The van der Waals surface area contributed by atoms with Crippen molar-refractivity contribution in [1.82, 2.24) is 0 Å². The molecule has 0 amide bonds. The van der Waals surface area contributed by atoms with Crippen molar-refractivity contribution in [3.05, 3.63) is 0 Å². The minimum Gasteiger partial charge on any atom is -0.302 e. The Bertz CT molecular complexity index is 75.3. The first kappa shape index (κ1) is 6.88. The molecule has 6 heavy (non-hydrogen) atoms. The molecule has 0 aromatic rings. The monoisotopic (exact) mass is 146 g/mol. The quantitative estimate of drug-likeness (QED) is 0.162. The molecule has 0 atom stereocenters. The topological polar surface area (TPSA) is 66.5 Å². The van der Waals surface area contributed by atoms with Crippen LogP contribution in [-0.2, 0) is 11.1 Å². The predicted molar refractivity (Wildman–Crippen MR) is 31.9 cm³/mol. The molecular formula is H5NO2PS2+. The molecule has 3 nitrogen and oxygen atoms in total. The zero-order valence-electron chi connectivity index (χ0n) is 2.77. The Hall–Kier alpha value is 0.880. The van der Waals surface area contributed by atoms with Crippen molar-refractivity contribution in [3.63, 3.8) is 0 Å². The smallest absolute Gasteiger partial charge is 0.302 e. The van der Waals surface area contributed by atoms with E-state index in [1.165, 1.54) is 0 Å². The Morgan fingerprint density at radius 2 is 1.83 bits per heavy atom. The number of hydrogen-bond donors (Lipinski definition) is 4. The second-order valence-corrected chi connectivity index (χ2v) is 6.50. The highest BCUT2D eigenvalue weighted by atomic mass is 32.9. The van der Waals surface area contributed by atoms with Gasteiger partial charge in [-0.1, -0.05) is 5.14 Å². The van der Waals surface area contributed by atoms with E-state index in [2.05, 4.69) is 12.2 Å². The van der Waals surface area contributed by atoms with Gasteiger partial charge in [-0.25, -0.2) is 0 Å². The molecule has 0 radical (unpaired) electrons. The normalized spacial score (nSPS) is 11.3. The zero-order valence-corrected chi connectivity index (χ0v) is 5.38. The van der Waals surface area contributed by atoms with Crippen LogP contribution in [0.4, 0.5) is 0 Å². The summed E-state index contributed by atoms with van der Waals surface area (Å²) < 4.78 is 0. The van der Waals surface area contributed by atoms with Gasteiger partial charge in [0.15, 0.2) is 0 Å². The van der Waals surface area contributed by atoms with E-state index in [-0.39, 0.29) is 0 Å². The second kappa shape index (κ2) is 2.26. The maximum atomic E-state index is 8.20. The van der Waals surface area contributed by atoms with Crippen LogP contribution in [0.3, 0.4) is 0 Å². The van der Waals surface area contributed by atoms with E-state index in [0.717, 1.165) is 0 Å². The lowest BCUT2D eigenvalue weighted by Crippen LogP contribution is -1.80. The summed E-state index contributed by atoms with van der Waals surface area (Å²) in [4.78, 5) is 16.4. The van der Waals surface area contributed by atoms with E-state index in [1.807, 2.05) is 0 Å². The summed E-state index contributed by atoms with van der Waals surface area (Å²) in [7, 11) is 0. The van der Waals surface area contributed by atoms with Crippen LogP contribution in [0.2, 0.25) is 0 Å². The van der Waals surface area contributed by atoms with Gasteiger partial charge in [0.2, 0.25) is 0 Å². The van der Waals surface area contributed by atoms with E-state index in [9.17, 15) is 0 Å². The number of thiol groups is 1. The summed E-state index contributed by atoms with van der Waals surface area (Å²) in [5.74, 6) is 0. The van der Waals surface area contributed by atoms with Crippen molar-refractivity contribution in [2.45, 2.75) is 0 Å². The zero-order chi connectivity index (χ0) is 5.21. The van der Waals surface area contributed by atoms with Crippen LogP contribution in [-0.4, -0.2) is 9.79 Å². The maximum Gasteiger partial charge on any atom is 0.453 e. The number of nitrogens with two attached hydrogens (primary N) is 1. The van der Waals surface area contributed by atoms with Gasteiger partial charge in [-0.2, -0.15) is 0 Å². The maximum absolute atomic E-state index is 8.20. The molecule has 0 aliphatic carbocycles. The van der Waals surface area contributed by atoms with Gasteiger partial charge in [-0.3, -0.25) is 0 Å². The summed E-state index contributed by atoms with van der Waals surface area (Å²) >= 11 is 3.78. The molecule has 0 aromatic heterocycles. The number of hydrogen-bond acceptors (Lipinski definition) is 0. The fraction of sp³-hybridized carbons (Fsp3) is 0. The standard InChI is InChI=1S/H5NO2PS2/c1-6-4(2,3)5/h2-3,5H,1H2/q+1. The first-order valence-electron chi connectivity index (χ1n) is 1.02. The van der Waals surface area contributed by atoms with E-state index in [0.29, 0.717) is 11.1 Å². The second-order valence-electron chi connectivity index (χ2n) is 0.619. The third kappa shape index (κ3) is 4.88. The molecule has 0 spiro atoms. The van der Waals surface area contributed by atoms with Crippen molar-refractivity contribution in [2.24, 2.45) is 5.14 Å². The summed E-state index contributed by atoms with van der Waals surface area (Å²) in [5.41, 5.74) is -3.01. The van der Waals surface area contributed by atoms with Gasteiger partial charge in [-0.15, -0.1) is 0 Å². The summed E-state index contributed by atoms with van der Waals surface area (Å²) in [6.45, 7) is 0. The highest BCUT2D eigenvalue weighted by Gasteiger charge is 2.12. The molecule has 0 aromatic carbocycles. The largest absolute Gasteiger partial charge is 0.453 e. The minimum atomic E-state index is -3.01. The molecule has 0 saturated carbocycles. The molecule has 0 rings (SSSR count). The highest BCUT2D eigenvalue weighted by Crippen LogP contribution is 2.41. The van der Waals surface area contributed by atoms with Gasteiger partial charge in [0.25, 0.3) is 0 Å². The molecule has 0 saturated heterocycles. The SMILES string of the molecule is N[S+]=P(O)(O)S. The lowest BCUT2D eigenvalue weighted by molar-refractivity contribution is 0.502. The van der Waals surface area contributed by atoms with Crippen LogP contribution >= 0.6 is 17.9 Å². The Kier molecular flexibility index (Phi) is 2.59. The van der Waals surface area contributed by atoms with Crippen molar-refractivity contribution < 1.29 is 9.79 Å². The van der Waals surface area contributed by atoms with Gasteiger partial charge in [0, 0.05) is 0 Å². The highest BCUT2D eigenvalue weighted by molar-refractivity contribution is 8.61. The van der Waals surface area contributed by atoms with E-state index in [4.69, 9.17) is 14.9 Å². The van der Waals surface area contributed by atoms with Crippen LogP contribution in [0, 0.1) is 0 Å². The Morgan fingerprint density at radius 3 is 1.83 bits per heavy atom. The van der Waals surface area contributed by atoms with E-state index < -0.39 is 5.69 Å². The fourth-order valence-corrected chi connectivity index (χ4v) is 0. The summed E-state index contributed by atoms with van der Waals surface area (Å²) in [6.07, 6.45) is 0. The van der Waals surface area contributed by atoms with Gasteiger partial charge in [-0.05, 0) is 12.2 Å². The minimum absolute atomic E-state index is 0.468. The lowest BCUT2D eigenvalue weighted by Gasteiger charge is -1.79. The predicted octanol–water partition coefficient (Wildman–Crippen LogP) is -0.465. The summed E-state index contributed by atoms with van der Waals surface area (Å²) in [5, 5.41) is 4.70. The van der Waals surface area contributed by atoms with E-state index >= 15 is 0 Å². The molecule has 0 unspecified atom stereocenters. The van der Waals surface area contributed by atoms with Crippen LogP contribution < -0.4 is 5.14 Å². The van der Waals surface area contributed by atoms with Gasteiger partial charge in [0.05, 0.1) is 0 Å². The lowest BCUT2D eigenvalue weighted by atomic mass is 14.0. The Labute approximate surface area is 44.6 Å². The van der Waals surface area contributed by atoms with Crippen LogP contribution in [0.5, 0.6) is 0 Å². The molecule has 38 valence electrons. The molecule has 0 heterocycles. The molecule has 0 aliphatic heterocycles. The summed E-state index contributed by atoms with van der Waals surface area (Å²) in [6, 6.07) is 0. The van der Waals surface area contributed by atoms with Crippen LogP contribution in [0.25, 0.3) is 0 Å². The van der Waals surface area contributed by atoms with Crippen molar-refractivity contribution in [1.29, 1.82) is 0 Å². The fourth-order valence-electron chi connectivity index (χ4n) is 0. The molecule has 0 fully saturated rings. The molecule has 0 aliphatic rings. The Morgan fingerprint density at radius 1 is 1.67 bits per heavy atom. The van der Waals surface area contributed by atoms with E-state index in [1.54, 1.807) is 0 Å². The molecule has 6 heteroatoms. The van der Waals surface area contributed by atoms with Gasteiger partial charge in [0.1, 0.15) is 0 Å². The molecular weight excluding hydrogens is 141 g/mol. The van der Waals surface area contributed by atoms with Crippen molar-refractivity contribution in [2.75, 3.05) is 0 Å². The van der Waals surface area contributed by atoms with Crippen molar-refractivity contribution in [3.8, 4) is 0 Å². The average molecular weight is 146 g/mol.